The standard InChI is InChI=1S/C17H23N3O/c1-21-15-6-5-13-8-10-19-17(16(13)12-15)20-11-3-2-4-14(20)7-9-18/h5-6,8,10,12,14H,2-4,7,9,11,18H2,1H3. The molecule has 1 aliphatic rings. The summed E-state index contributed by atoms with van der Waals surface area (Å²) in [6.07, 6.45) is 6.65. The predicted octanol–water partition coefficient (Wildman–Crippen LogP) is 2.95. The van der Waals surface area contributed by atoms with Gasteiger partial charge in [-0.05, 0) is 55.8 Å². The lowest BCUT2D eigenvalue weighted by Crippen LogP contribution is -2.41. The van der Waals surface area contributed by atoms with E-state index in [1.54, 1.807) is 7.11 Å². The number of hydrogen-bond acceptors (Lipinski definition) is 4. The van der Waals surface area contributed by atoms with E-state index in [0.29, 0.717) is 6.04 Å². The van der Waals surface area contributed by atoms with Crippen molar-refractivity contribution in [1.82, 2.24) is 4.98 Å². The minimum Gasteiger partial charge on any atom is -0.497 e. The molecule has 0 saturated carbocycles. The van der Waals surface area contributed by atoms with Gasteiger partial charge in [0.05, 0.1) is 7.11 Å². The van der Waals surface area contributed by atoms with E-state index in [-0.39, 0.29) is 0 Å². The Bertz CT molecular complexity index is 612. The molecule has 1 aliphatic heterocycles. The molecule has 2 heterocycles. The highest BCUT2D eigenvalue weighted by atomic mass is 16.5. The first kappa shape index (κ1) is 14.1. The summed E-state index contributed by atoms with van der Waals surface area (Å²) in [5, 5.41) is 2.37. The van der Waals surface area contributed by atoms with Crippen molar-refractivity contribution in [1.29, 1.82) is 0 Å². The van der Waals surface area contributed by atoms with Gasteiger partial charge in [0.15, 0.2) is 0 Å². The molecular formula is C17H23N3O. The molecule has 1 unspecified atom stereocenters. The monoisotopic (exact) mass is 285 g/mol. The summed E-state index contributed by atoms with van der Waals surface area (Å²) in [5.74, 6) is 1.95. The SMILES string of the molecule is COc1ccc2ccnc(N3CCCCC3CCN)c2c1. The molecule has 0 bridgehead atoms. The molecule has 21 heavy (non-hydrogen) atoms. The second-order valence-corrected chi connectivity index (χ2v) is 5.64. The van der Waals surface area contributed by atoms with Crippen LogP contribution in [0.25, 0.3) is 10.8 Å². The van der Waals surface area contributed by atoms with Crippen molar-refractivity contribution in [2.24, 2.45) is 5.73 Å². The minimum absolute atomic E-state index is 0.507. The molecule has 1 atom stereocenters. The molecule has 112 valence electrons. The molecule has 0 spiro atoms. The number of benzene rings is 1. The Labute approximate surface area is 125 Å². The number of rotatable bonds is 4. The maximum absolute atomic E-state index is 5.79. The van der Waals surface area contributed by atoms with Gasteiger partial charge in [0.2, 0.25) is 0 Å². The Morgan fingerprint density at radius 1 is 1.33 bits per heavy atom. The number of methoxy groups -OCH3 is 1. The summed E-state index contributed by atoms with van der Waals surface area (Å²) in [7, 11) is 1.70. The summed E-state index contributed by atoms with van der Waals surface area (Å²) in [5.41, 5.74) is 5.79. The normalized spacial score (nSPS) is 19.0. The zero-order valence-corrected chi connectivity index (χ0v) is 12.6. The fraction of sp³-hybridized carbons (Fsp3) is 0.471. The van der Waals surface area contributed by atoms with Crippen molar-refractivity contribution in [2.75, 3.05) is 25.1 Å². The van der Waals surface area contributed by atoms with Crippen molar-refractivity contribution in [3.63, 3.8) is 0 Å². The highest BCUT2D eigenvalue weighted by molar-refractivity contribution is 5.93. The molecule has 1 aromatic heterocycles. The molecule has 0 aliphatic carbocycles. The minimum atomic E-state index is 0.507. The fourth-order valence-corrected chi connectivity index (χ4v) is 3.26. The van der Waals surface area contributed by atoms with Crippen molar-refractivity contribution in [3.8, 4) is 5.75 Å². The van der Waals surface area contributed by atoms with Gasteiger partial charge in [0.25, 0.3) is 0 Å². The maximum atomic E-state index is 5.79. The number of piperidine rings is 1. The van der Waals surface area contributed by atoms with Gasteiger partial charge in [-0.2, -0.15) is 0 Å². The van der Waals surface area contributed by atoms with Gasteiger partial charge in [-0.1, -0.05) is 6.07 Å². The lowest BCUT2D eigenvalue weighted by molar-refractivity contribution is 0.415. The van der Waals surface area contributed by atoms with Crippen LogP contribution in [0.4, 0.5) is 5.82 Å². The van der Waals surface area contributed by atoms with Gasteiger partial charge in [0.1, 0.15) is 11.6 Å². The Balaban J connectivity index is 2.05. The second-order valence-electron chi connectivity index (χ2n) is 5.64. The number of hydrogen-bond donors (Lipinski definition) is 1. The van der Waals surface area contributed by atoms with E-state index >= 15 is 0 Å². The first-order valence-corrected chi connectivity index (χ1v) is 7.73. The van der Waals surface area contributed by atoms with Crippen molar-refractivity contribution in [2.45, 2.75) is 31.7 Å². The average molecular weight is 285 g/mol. The van der Waals surface area contributed by atoms with E-state index in [2.05, 4.69) is 28.1 Å². The molecule has 0 radical (unpaired) electrons. The van der Waals surface area contributed by atoms with E-state index in [4.69, 9.17) is 10.5 Å². The van der Waals surface area contributed by atoms with Gasteiger partial charge >= 0.3 is 0 Å². The number of nitrogens with two attached hydrogens (primary N) is 1. The summed E-state index contributed by atoms with van der Waals surface area (Å²) in [6, 6.07) is 8.75. The average Bonchev–Trinajstić information content (AvgIpc) is 2.55. The Hall–Kier alpha value is -1.81. The van der Waals surface area contributed by atoms with Crippen LogP contribution in [-0.4, -0.2) is 31.2 Å². The van der Waals surface area contributed by atoms with Crippen LogP contribution >= 0.6 is 0 Å². The smallest absolute Gasteiger partial charge is 0.136 e. The van der Waals surface area contributed by atoms with E-state index < -0.39 is 0 Å². The van der Waals surface area contributed by atoms with E-state index in [1.165, 1.54) is 30.0 Å². The van der Waals surface area contributed by atoms with Gasteiger partial charge in [-0.15, -0.1) is 0 Å². The number of pyridine rings is 1. The molecule has 1 aromatic carbocycles. The van der Waals surface area contributed by atoms with Crippen molar-refractivity contribution < 1.29 is 4.74 Å². The predicted molar refractivity (Wildman–Crippen MR) is 87.0 cm³/mol. The highest BCUT2D eigenvalue weighted by Gasteiger charge is 2.24. The molecule has 3 rings (SSSR count). The third-order valence-electron chi connectivity index (χ3n) is 4.35. The Morgan fingerprint density at radius 2 is 2.24 bits per heavy atom. The van der Waals surface area contributed by atoms with Gasteiger partial charge in [0, 0.05) is 24.2 Å². The lowest BCUT2D eigenvalue weighted by Gasteiger charge is -2.37. The third-order valence-corrected chi connectivity index (χ3v) is 4.35. The van der Waals surface area contributed by atoms with E-state index in [1.807, 2.05) is 12.3 Å². The number of aromatic nitrogens is 1. The summed E-state index contributed by atoms with van der Waals surface area (Å²) >= 11 is 0. The molecule has 4 heteroatoms. The van der Waals surface area contributed by atoms with Gasteiger partial charge in [-0.25, -0.2) is 4.98 Å². The molecule has 1 fully saturated rings. The molecule has 1 saturated heterocycles. The molecule has 0 amide bonds. The topological polar surface area (TPSA) is 51.4 Å². The molecular weight excluding hydrogens is 262 g/mol. The lowest BCUT2D eigenvalue weighted by atomic mass is 9.98. The van der Waals surface area contributed by atoms with Gasteiger partial charge < -0.3 is 15.4 Å². The quantitative estimate of drug-likeness (QED) is 0.938. The van der Waals surface area contributed by atoms with E-state index in [9.17, 15) is 0 Å². The van der Waals surface area contributed by atoms with Crippen LogP contribution in [0.3, 0.4) is 0 Å². The number of nitrogens with zero attached hydrogens (tertiary/aromatic N) is 2. The first-order chi connectivity index (χ1) is 10.3. The van der Waals surface area contributed by atoms with Crippen LogP contribution in [0.5, 0.6) is 5.75 Å². The summed E-state index contributed by atoms with van der Waals surface area (Å²) < 4.78 is 5.37. The second kappa shape index (κ2) is 6.31. The molecule has 4 nitrogen and oxygen atoms in total. The van der Waals surface area contributed by atoms with Crippen LogP contribution in [-0.2, 0) is 0 Å². The van der Waals surface area contributed by atoms with Crippen LogP contribution in [0, 0.1) is 0 Å². The van der Waals surface area contributed by atoms with Crippen LogP contribution in [0.15, 0.2) is 30.5 Å². The van der Waals surface area contributed by atoms with Crippen LogP contribution in [0.1, 0.15) is 25.7 Å². The molecule has 2 aromatic rings. The zero-order chi connectivity index (χ0) is 14.7. The van der Waals surface area contributed by atoms with Crippen LogP contribution in [0.2, 0.25) is 0 Å². The first-order valence-electron chi connectivity index (χ1n) is 7.73. The van der Waals surface area contributed by atoms with Gasteiger partial charge in [-0.3, -0.25) is 0 Å². The Kier molecular flexibility index (Phi) is 4.25. The van der Waals surface area contributed by atoms with Crippen LogP contribution < -0.4 is 15.4 Å². The highest BCUT2D eigenvalue weighted by Crippen LogP contribution is 2.32. The number of fused-ring (bicyclic) bond motifs is 1. The summed E-state index contributed by atoms with van der Waals surface area (Å²) in [4.78, 5) is 7.11. The fourth-order valence-electron chi connectivity index (χ4n) is 3.26. The summed E-state index contributed by atoms with van der Waals surface area (Å²) in [6.45, 7) is 1.79. The van der Waals surface area contributed by atoms with Crippen molar-refractivity contribution >= 4 is 16.6 Å². The third kappa shape index (κ3) is 2.81. The zero-order valence-electron chi connectivity index (χ0n) is 12.6. The number of ether oxygens (including phenoxy) is 1. The number of anilines is 1. The van der Waals surface area contributed by atoms with Crippen molar-refractivity contribution in [3.05, 3.63) is 30.5 Å². The Morgan fingerprint density at radius 3 is 3.05 bits per heavy atom. The maximum Gasteiger partial charge on any atom is 0.136 e. The molecule has 2 N–H and O–H groups in total. The van der Waals surface area contributed by atoms with E-state index in [0.717, 1.165) is 31.1 Å². The largest absolute Gasteiger partial charge is 0.497 e.